The van der Waals surface area contributed by atoms with Crippen LogP contribution in [0.5, 0.6) is 0 Å². The van der Waals surface area contributed by atoms with E-state index >= 15 is 0 Å². The summed E-state index contributed by atoms with van der Waals surface area (Å²) < 4.78 is 0. The van der Waals surface area contributed by atoms with Crippen molar-refractivity contribution in [2.75, 3.05) is 6.61 Å². The molecule has 0 amide bonds. The van der Waals surface area contributed by atoms with Crippen molar-refractivity contribution in [1.82, 2.24) is 0 Å². The third-order valence-electron chi connectivity index (χ3n) is 1.65. The molecule has 1 radical (unpaired) electrons. The van der Waals surface area contributed by atoms with Crippen LogP contribution < -0.4 is 5.73 Å². The summed E-state index contributed by atoms with van der Waals surface area (Å²) in [4.78, 5) is 0. The second-order valence-electron chi connectivity index (χ2n) is 2.47. The highest BCUT2D eigenvalue weighted by Crippen LogP contribution is 2.03. The molecule has 0 aromatic heterocycles. The number of benzene rings is 1. The monoisotopic (exact) mass is 150 g/mol. The Morgan fingerprint density at radius 3 is 2.09 bits per heavy atom. The summed E-state index contributed by atoms with van der Waals surface area (Å²) in [6.07, 6.45) is 0.616. The fraction of sp³-hybridized carbons (Fsp3) is 0.333. The predicted molar refractivity (Wildman–Crippen MR) is 43.6 cm³/mol. The van der Waals surface area contributed by atoms with Crippen LogP contribution in [0.15, 0.2) is 24.3 Å². The molecule has 0 saturated heterocycles. The summed E-state index contributed by atoms with van der Waals surface area (Å²) in [5.41, 5.74) is 7.62. The van der Waals surface area contributed by atoms with Crippen molar-refractivity contribution in [3.8, 4) is 0 Å². The first-order chi connectivity index (χ1) is 5.36. The zero-order chi connectivity index (χ0) is 8.10. The van der Waals surface area contributed by atoms with Gasteiger partial charge >= 0.3 is 0 Å². The molecule has 0 heterocycles. The SMILES string of the molecule is NCc1ccc(CC[O])cc1. The second-order valence-corrected chi connectivity index (χ2v) is 2.47. The molecule has 0 bridgehead atoms. The molecule has 1 aromatic rings. The molecular formula is C9H12NO. The van der Waals surface area contributed by atoms with Gasteiger partial charge in [0, 0.05) is 6.54 Å². The first kappa shape index (κ1) is 8.24. The summed E-state index contributed by atoms with van der Waals surface area (Å²) in [6, 6.07) is 7.84. The van der Waals surface area contributed by atoms with E-state index in [4.69, 9.17) is 5.73 Å². The van der Waals surface area contributed by atoms with Gasteiger partial charge in [0.1, 0.15) is 0 Å². The van der Waals surface area contributed by atoms with Crippen molar-refractivity contribution < 1.29 is 5.11 Å². The molecule has 0 aliphatic rings. The van der Waals surface area contributed by atoms with Gasteiger partial charge < -0.3 is 5.73 Å². The molecule has 11 heavy (non-hydrogen) atoms. The van der Waals surface area contributed by atoms with Gasteiger partial charge in [-0.3, -0.25) is 0 Å². The van der Waals surface area contributed by atoms with E-state index in [-0.39, 0.29) is 6.61 Å². The maximum atomic E-state index is 10.2. The molecule has 1 aromatic carbocycles. The van der Waals surface area contributed by atoms with E-state index in [1.807, 2.05) is 24.3 Å². The number of hydrogen-bond acceptors (Lipinski definition) is 1. The molecule has 0 atom stereocenters. The van der Waals surface area contributed by atoms with Crippen molar-refractivity contribution in [2.24, 2.45) is 5.73 Å². The van der Waals surface area contributed by atoms with Crippen LogP contribution in [0.2, 0.25) is 0 Å². The largest absolute Gasteiger partial charge is 0.326 e. The first-order valence-corrected chi connectivity index (χ1v) is 3.73. The maximum Gasteiger partial charge on any atom is 0.0862 e. The molecule has 2 heteroatoms. The van der Waals surface area contributed by atoms with Crippen LogP contribution in [0.25, 0.3) is 0 Å². The Labute approximate surface area is 66.7 Å². The lowest BCUT2D eigenvalue weighted by Crippen LogP contribution is -1.96. The zero-order valence-electron chi connectivity index (χ0n) is 6.42. The van der Waals surface area contributed by atoms with Gasteiger partial charge in [-0.2, -0.15) is 0 Å². The minimum absolute atomic E-state index is 0.0397. The maximum absolute atomic E-state index is 10.2. The van der Waals surface area contributed by atoms with Crippen molar-refractivity contribution in [2.45, 2.75) is 13.0 Å². The van der Waals surface area contributed by atoms with Gasteiger partial charge in [-0.05, 0) is 17.5 Å². The third kappa shape index (κ3) is 2.33. The summed E-state index contributed by atoms with van der Waals surface area (Å²) in [5.74, 6) is 0. The average Bonchev–Trinajstić information content (AvgIpc) is 2.07. The lowest BCUT2D eigenvalue weighted by atomic mass is 10.1. The van der Waals surface area contributed by atoms with E-state index in [1.165, 1.54) is 0 Å². The fourth-order valence-electron chi connectivity index (χ4n) is 0.960. The molecule has 1 rings (SSSR count). The standard InChI is InChI=1S/C9H12NO/c10-7-9-3-1-8(2-4-9)5-6-11/h1-4H,5-7,10H2. The molecular weight excluding hydrogens is 138 g/mol. The van der Waals surface area contributed by atoms with Crippen molar-refractivity contribution in [1.29, 1.82) is 0 Å². The van der Waals surface area contributed by atoms with E-state index in [0.717, 1.165) is 11.1 Å². The van der Waals surface area contributed by atoms with Gasteiger partial charge in [0.2, 0.25) is 0 Å². The fourth-order valence-corrected chi connectivity index (χ4v) is 0.960. The number of rotatable bonds is 3. The van der Waals surface area contributed by atoms with Gasteiger partial charge in [0.25, 0.3) is 0 Å². The lowest BCUT2D eigenvalue weighted by molar-refractivity contribution is 0.197. The van der Waals surface area contributed by atoms with Crippen LogP contribution in [0.3, 0.4) is 0 Å². The minimum atomic E-state index is -0.0397. The van der Waals surface area contributed by atoms with Gasteiger partial charge in [-0.25, -0.2) is 5.11 Å². The topological polar surface area (TPSA) is 45.9 Å². The summed E-state index contributed by atoms with van der Waals surface area (Å²) in [5, 5.41) is 10.2. The van der Waals surface area contributed by atoms with Crippen molar-refractivity contribution in [3.05, 3.63) is 35.4 Å². The number of hydrogen-bond donors (Lipinski definition) is 1. The van der Waals surface area contributed by atoms with Gasteiger partial charge in [-0.1, -0.05) is 24.3 Å². The number of nitrogens with two attached hydrogens (primary N) is 1. The molecule has 2 N–H and O–H groups in total. The van der Waals surface area contributed by atoms with Crippen LogP contribution in [-0.4, -0.2) is 6.61 Å². The lowest BCUT2D eigenvalue weighted by Gasteiger charge is -1.98. The average molecular weight is 150 g/mol. The molecule has 0 spiro atoms. The molecule has 0 unspecified atom stereocenters. The molecule has 0 aliphatic carbocycles. The molecule has 0 fully saturated rings. The molecule has 0 saturated carbocycles. The van der Waals surface area contributed by atoms with E-state index < -0.39 is 0 Å². The smallest absolute Gasteiger partial charge is 0.0862 e. The van der Waals surface area contributed by atoms with E-state index in [0.29, 0.717) is 13.0 Å². The Bertz CT molecular complexity index is 205. The van der Waals surface area contributed by atoms with Crippen LogP contribution in [0.4, 0.5) is 0 Å². The predicted octanol–water partition coefficient (Wildman–Crippen LogP) is 1.12. The van der Waals surface area contributed by atoms with Gasteiger partial charge in [0.05, 0.1) is 6.61 Å². The second kappa shape index (κ2) is 4.11. The summed E-state index contributed by atoms with van der Waals surface area (Å²) >= 11 is 0. The van der Waals surface area contributed by atoms with E-state index in [1.54, 1.807) is 0 Å². The Kier molecular flexibility index (Phi) is 3.08. The molecule has 2 nitrogen and oxygen atoms in total. The van der Waals surface area contributed by atoms with E-state index in [9.17, 15) is 5.11 Å². The highest BCUT2D eigenvalue weighted by atomic mass is 16.2. The Hall–Kier alpha value is -0.860. The molecule has 59 valence electrons. The van der Waals surface area contributed by atoms with Crippen LogP contribution in [0, 0.1) is 0 Å². The van der Waals surface area contributed by atoms with Crippen molar-refractivity contribution in [3.63, 3.8) is 0 Å². The summed E-state index contributed by atoms with van der Waals surface area (Å²) in [6.45, 7) is 0.527. The van der Waals surface area contributed by atoms with E-state index in [2.05, 4.69) is 0 Å². The highest BCUT2D eigenvalue weighted by molar-refractivity contribution is 5.22. The van der Waals surface area contributed by atoms with Gasteiger partial charge in [0.15, 0.2) is 0 Å². The highest BCUT2D eigenvalue weighted by Gasteiger charge is 1.91. The minimum Gasteiger partial charge on any atom is -0.326 e. The molecule has 0 aliphatic heterocycles. The van der Waals surface area contributed by atoms with Gasteiger partial charge in [-0.15, -0.1) is 0 Å². The van der Waals surface area contributed by atoms with Crippen molar-refractivity contribution >= 4 is 0 Å². The quantitative estimate of drug-likeness (QED) is 0.689. The first-order valence-electron chi connectivity index (χ1n) is 3.73. The Balaban J connectivity index is 2.66. The van der Waals surface area contributed by atoms with Crippen LogP contribution >= 0.6 is 0 Å². The third-order valence-corrected chi connectivity index (χ3v) is 1.65. The Morgan fingerprint density at radius 2 is 1.64 bits per heavy atom. The Morgan fingerprint density at radius 1 is 1.09 bits per heavy atom. The van der Waals surface area contributed by atoms with Crippen LogP contribution in [-0.2, 0) is 18.1 Å². The normalized spacial score (nSPS) is 10.0. The zero-order valence-corrected chi connectivity index (χ0v) is 6.42. The van der Waals surface area contributed by atoms with Crippen LogP contribution in [0.1, 0.15) is 11.1 Å². The summed E-state index contributed by atoms with van der Waals surface area (Å²) in [7, 11) is 0.